The minimum Gasteiger partial charge on any atom is -0.367 e. The van der Waals surface area contributed by atoms with E-state index in [1.807, 2.05) is 13.8 Å². The van der Waals surface area contributed by atoms with E-state index in [1.54, 1.807) is 6.92 Å². The molecule has 2 unspecified atom stereocenters. The maximum atomic E-state index is 10.3. The quantitative estimate of drug-likeness (QED) is 0.514. The molecule has 1 N–H and O–H groups in total. The van der Waals surface area contributed by atoms with Gasteiger partial charge in [-0.15, -0.1) is 0 Å². The van der Waals surface area contributed by atoms with Crippen LogP contribution in [0.1, 0.15) is 27.2 Å². The van der Waals surface area contributed by atoms with E-state index < -0.39 is 22.2 Å². The fraction of sp³-hybridized carbons (Fsp3) is 1.00. The zero-order valence-electron chi connectivity index (χ0n) is 8.11. The first-order chi connectivity index (χ1) is 5.75. The largest absolute Gasteiger partial charge is 0.367 e. The number of hydrogen-bond donors (Lipinski definition) is 1. The van der Waals surface area contributed by atoms with E-state index in [4.69, 9.17) is 4.74 Å². The molecule has 2 atom stereocenters. The number of hydrogen-bond acceptors (Lipinski definition) is 4. The third kappa shape index (κ3) is 2.16. The molecule has 0 bridgehead atoms. The summed E-state index contributed by atoms with van der Waals surface area (Å²) >= 11 is 0. The van der Waals surface area contributed by atoms with Crippen LogP contribution in [0.25, 0.3) is 0 Å². The lowest BCUT2D eigenvalue weighted by Gasteiger charge is -2.19. The minimum atomic E-state index is -0.905. The molecule has 76 valence electrons. The van der Waals surface area contributed by atoms with Gasteiger partial charge in [0.1, 0.15) is 5.60 Å². The molecular weight excluding hydrogens is 174 g/mol. The highest BCUT2D eigenvalue weighted by atomic mass is 16.7. The Hall–Kier alpha value is -0.680. The van der Waals surface area contributed by atoms with Crippen LogP contribution in [0, 0.1) is 15.5 Å². The zero-order chi connectivity index (χ0) is 10.3. The average Bonchev–Trinajstić information content (AvgIpc) is 1.98. The maximum absolute atomic E-state index is 10.3. The van der Waals surface area contributed by atoms with E-state index in [9.17, 15) is 15.2 Å². The van der Waals surface area contributed by atoms with E-state index in [-0.39, 0.29) is 6.54 Å². The Balaban J connectivity index is 2.70. The van der Waals surface area contributed by atoms with Gasteiger partial charge in [0, 0.05) is 10.3 Å². The minimum absolute atomic E-state index is 0.256. The number of aliphatic hydroxyl groups excluding tert-OH is 1. The first-order valence-corrected chi connectivity index (χ1v) is 4.23. The molecule has 5 nitrogen and oxygen atoms in total. The molecular formula is C8H15NO4. The molecule has 1 fully saturated rings. The molecule has 0 aromatic rings. The van der Waals surface area contributed by atoms with Gasteiger partial charge >= 0.3 is 0 Å². The standard InChI is InChI=1S/C8H15NO4/c1-7(2)4-8(3,5-9(11)12)13-6(7)10/h6,10H,4-5H2,1-3H3. The normalized spacial score (nSPS) is 37.7. The second-order valence-corrected chi connectivity index (χ2v) is 4.58. The predicted octanol–water partition coefficient (Wildman–Crippen LogP) is 0.787. The van der Waals surface area contributed by atoms with Crippen LogP contribution in [0.5, 0.6) is 0 Å². The van der Waals surface area contributed by atoms with Gasteiger partial charge in [-0.25, -0.2) is 0 Å². The van der Waals surface area contributed by atoms with Crippen LogP contribution < -0.4 is 0 Å². The molecule has 0 aliphatic carbocycles. The number of nitrogens with zero attached hydrogens (tertiary/aromatic N) is 1. The Kier molecular flexibility index (Phi) is 2.34. The van der Waals surface area contributed by atoms with Gasteiger partial charge in [-0.3, -0.25) is 10.1 Å². The number of rotatable bonds is 2. The highest BCUT2D eigenvalue weighted by Gasteiger charge is 2.50. The smallest absolute Gasteiger partial charge is 0.232 e. The predicted molar refractivity (Wildman–Crippen MR) is 45.8 cm³/mol. The molecule has 0 aromatic heterocycles. The van der Waals surface area contributed by atoms with Crippen molar-refractivity contribution >= 4 is 0 Å². The molecule has 1 heterocycles. The van der Waals surface area contributed by atoms with Gasteiger partial charge in [-0.1, -0.05) is 13.8 Å². The van der Waals surface area contributed by atoms with Crippen molar-refractivity contribution in [3.8, 4) is 0 Å². The van der Waals surface area contributed by atoms with E-state index >= 15 is 0 Å². The van der Waals surface area contributed by atoms with Gasteiger partial charge in [-0.05, 0) is 13.3 Å². The van der Waals surface area contributed by atoms with Gasteiger partial charge in [0.15, 0.2) is 6.29 Å². The third-order valence-electron chi connectivity index (χ3n) is 2.36. The van der Waals surface area contributed by atoms with Crippen molar-refractivity contribution in [3.05, 3.63) is 10.1 Å². The summed E-state index contributed by atoms with van der Waals surface area (Å²) in [7, 11) is 0. The molecule has 1 saturated heterocycles. The fourth-order valence-electron chi connectivity index (χ4n) is 1.89. The van der Waals surface area contributed by atoms with Crippen molar-refractivity contribution in [2.24, 2.45) is 5.41 Å². The van der Waals surface area contributed by atoms with Gasteiger partial charge < -0.3 is 9.84 Å². The summed E-state index contributed by atoms with van der Waals surface area (Å²) < 4.78 is 5.19. The summed E-state index contributed by atoms with van der Waals surface area (Å²) in [4.78, 5) is 9.91. The van der Waals surface area contributed by atoms with Crippen molar-refractivity contribution in [2.45, 2.75) is 39.1 Å². The van der Waals surface area contributed by atoms with Crippen molar-refractivity contribution in [1.82, 2.24) is 0 Å². The van der Waals surface area contributed by atoms with Crippen LogP contribution in [-0.4, -0.2) is 28.5 Å². The monoisotopic (exact) mass is 189 g/mol. The highest BCUT2D eigenvalue weighted by Crippen LogP contribution is 2.42. The second kappa shape index (κ2) is 2.92. The topological polar surface area (TPSA) is 72.6 Å². The molecule has 13 heavy (non-hydrogen) atoms. The Morgan fingerprint density at radius 2 is 2.15 bits per heavy atom. The second-order valence-electron chi connectivity index (χ2n) is 4.58. The number of nitro groups is 1. The van der Waals surface area contributed by atoms with Gasteiger partial charge in [-0.2, -0.15) is 0 Å². The maximum Gasteiger partial charge on any atom is 0.232 e. The van der Waals surface area contributed by atoms with Crippen LogP contribution >= 0.6 is 0 Å². The van der Waals surface area contributed by atoms with Crippen LogP contribution in [0.3, 0.4) is 0 Å². The lowest BCUT2D eigenvalue weighted by molar-refractivity contribution is -0.501. The van der Waals surface area contributed by atoms with Crippen molar-refractivity contribution in [2.75, 3.05) is 6.54 Å². The average molecular weight is 189 g/mol. The van der Waals surface area contributed by atoms with E-state index in [2.05, 4.69) is 0 Å². The first kappa shape index (κ1) is 10.4. The molecule has 0 amide bonds. The molecule has 0 spiro atoms. The van der Waals surface area contributed by atoms with Crippen molar-refractivity contribution in [3.63, 3.8) is 0 Å². The zero-order valence-corrected chi connectivity index (χ0v) is 8.11. The summed E-state index contributed by atoms with van der Waals surface area (Å²) in [5, 5.41) is 19.8. The Bertz CT molecular complexity index is 228. The van der Waals surface area contributed by atoms with Crippen LogP contribution in [0.4, 0.5) is 0 Å². The molecule has 5 heteroatoms. The lowest BCUT2D eigenvalue weighted by Crippen LogP contribution is -2.33. The summed E-state index contributed by atoms with van der Waals surface area (Å²) in [6, 6.07) is 0. The van der Waals surface area contributed by atoms with Gasteiger partial charge in [0.25, 0.3) is 0 Å². The molecule has 0 saturated carbocycles. The first-order valence-electron chi connectivity index (χ1n) is 4.23. The molecule has 1 aliphatic rings. The van der Waals surface area contributed by atoms with Crippen molar-refractivity contribution < 1.29 is 14.8 Å². The van der Waals surface area contributed by atoms with E-state index in [1.165, 1.54) is 0 Å². The van der Waals surface area contributed by atoms with Gasteiger partial charge in [0.2, 0.25) is 6.54 Å². The highest BCUT2D eigenvalue weighted by molar-refractivity contribution is 4.92. The molecule has 0 aromatic carbocycles. The molecule has 0 radical (unpaired) electrons. The fourth-order valence-corrected chi connectivity index (χ4v) is 1.89. The van der Waals surface area contributed by atoms with Crippen LogP contribution in [0.15, 0.2) is 0 Å². The van der Waals surface area contributed by atoms with E-state index in [0.29, 0.717) is 6.42 Å². The Morgan fingerprint density at radius 1 is 1.62 bits per heavy atom. The Morgan fingerprint density at radius 3 is 2.46 bits per heavy atom. The molecule has 1 aliphatic heterocycles. The van der Waals surface area contributed by atoms with Crippen molar-refractivity contribution in [1.29, 1.82) is 0 Å². The summed E-state index contributed by atoms with van der Waals surface area (Å²) in [5.41, 5.74) is -1.23. The summed E-state index contributed by atoms with van der Waals surface area (Å²) in [5.74, 6) is 0. The SMILES string of the molecule is CC1(C[N+](=O)[O-])CC(C)(C)C(O)O1. The third-order valence-corrected chi connectivity index (χ3v) is 2.36. The lowest BCUT2D eigenvalue weighted by atomic mass is 9.84. The van der Waals surface area contributed by atoms with Crippen LogP contribution in [0.2, 0.25) is 0 Å². The molecule has 1 rings (SSSR count). The number of ether oxygens (including phenoxy) is 1. The number of aliphatic hydroxyl groups is 1. The van der Waals surface area contributed by atoms with E-state index in [0.717, 1.165) is 0 Å². The van der Waals surface area contributed by atoms with Crippen LogP contribution in [-0.2, 0) is 4.74 Å². The summed E-state index contributed by atoms with van der Waals surface area (Å²) in [6.45, 7) is 5.08. The Labute approximate surface area is 76.8 Å². The van der Waals surface area contributed by atoms with Gasteiger partial charge in [0.05, 0.1) is 0 Å². The summed E-state index contributed by atoms with van der Waals surface area (Å²) in [6.07, 6.45) is -0.403.